The van der Waals surface area contributed by atoms with Gasteiger partial charge in [0.15, 0.2) is 8.07 Å². The lowest BCUT2D eigenvalue weighted by Gasteiger charge is -2.62. The van der Waals surface area contributed by atoms with Gasteiger partial charge in [-0.25, -0.2) is 0 Å². The molecule has 2 aromatic rings. The Hall–Kier alpha value is -1.47. The van der Waals surface area contributed by atoms with Gasteiger partial charge in [-0.15, -0.1) is 0 Å². The third-order valence-electron chi connectivity index (χ3n) is 7.77. The van der Waals surface area contributed by atoms with E-state index in [9.17, 15) is 0 Å². The molecule has 4 heteroatoms. The fraction of sp³-hybridized carbons (Fsp3) is 0.481. The van der Waals surface area contributed by atoms with Crippen LogP contribution < -0.4 is 10.4 Å². The summed E-state index contributed by atoms with van der Waals surface area (Å²) in [5, 5.41) is 2.62. The highest BCUT2D eigenvalue weighted by Crippen LogP contribution is 2.47. The molecule has 2 heterocycles. The first-order chi connectivity index (χ1) is 15.1. The second kappa shape index (κ2) is 9.57. The summed E-state index contributed by atoms with van der Waals surface area (Å²) in [5.74, 6) is 0. The molecule has 4 rings (SSSR count). The van der Waals surface area contributed by atoms with E-state index in [2.05, 4.69) is 73.8 Å². The highest BCUT2D eigenvalue weighted by Gasteiger charge is 2.69. The Morgan fingerprint density at radius 1 is 0.839 bits per heavy atom. The van der Waals surface area contributed by atoms with Crippen LogP contribution in [0.2, 0.25) is 13.1 Å². The molecule has 2 saturated heterocycles. The van der Waals surface area contributed by atoms with E-state index in [1.165, 1.54) is 23.2 Å². The Morgan fingerprint density at radius 3 is 1.81 bits per heavy atom. The van der Waals surface area contributed by atoms with E-state index in [0.29, 0.717) is 0 Å². The summed E-state index contributed by atoms with van der Waals surface area (Å²) in [5.41, 5.74) is 0. The SMILES string of the molecule is [CH]=CCC1([Si](c2ccccc2)(c2ccccc2)C2([SiH](C)C)CCCCO2)CCCCO1. The summed E-state index contributed by atoms with van der Waals surface area (Å²) < 4.78 is 14.1. The van der Waals surface area contributed by atoms with Crippen LogP contribution in [0.4, 0.5) is 0 Å². The molecule has 0 aromatic heterocycles. The van der Waals surface area contributed by atoms with Crippen molar-refractivity contribution in [3.05, 3.63) is 73.3 Å². The van der Waals surface area contributed by atoms with Gasteiger partial charge in [0.2, 0.25) is 0 Å². The minimum atomic E-state index is -2.62. The van der Waals surface area contributed by atoms with Crippen molar-refractivity contribution >= 4 is 27.2 Å². The molecule has 31 heavy (non-hydrogen) atoms. The van der Waals surface area contributed by atoms with Gasteiger partial charge in [-0.2, -0.15) is 0 Å². The zero-order valence-corrected chi connectivity index (χ0v) is 21.3. The van der Waals surface area contributed by atoms with Crippen molar-refractivity contribution in [1.82, 2.24) is 0 Å². The van der Waals surface area contributed by atoms with Crippen molar-refractivity contribution in [2.75, 3.05) is 13.2 Å². The molecule has 0 amide bonds. The first-order valence-electron chi connectivity index (χ1n) is 12.1. The second-order valence-corrected chi connectivity index (χ2v) is 17.8. The summed E-state index contributed by atoms with van der Waals surface area (Å²) in [6.45, 7) is 12.9. The van der Waals surface area contributed by atoms with Gasteiger partial charge in [0.05, 0.1) is 18.9 Å². The van der Waals surface area contributed by atoms with Crippen LogP contribution in [0.1, 0.15) is 44.9 Å². The Labute approximate surface area is 191 Å². The predicted octanol–water partition coefficient (Wildman–Crippen LogP) is 4.61. The van der Waals surface area contributed by atoms with E-state index in [0.717, 1.165) is 45.3 Å². The van der Waals surface area contributed by atoms with Gasteiger partial charge in [-0.3, -0.25) is 0 Å². The second-order valence-electron chi connectivity index (χ2n) is 9.57. The third kappa shape index (κ3) is 3.62. The van der Waals surface area contributed by atoms with Crippen molar-refractivity contribution in [2.24, 2.45) is 0 Å². The average molecular weight is 450 g/mol. The Balaban J connectivity index is 2.13. The monoisotopic (exact) mass is 449 g/mol. The lowest BCUT2D eigenvalue weighted by atomic mass is 10.1. The van der Waals surface area contributed by atoms with Gasteiger partial charge in [0, 0.05) is 13.2 Å². The standard InChI is InChI=1S/C27H37O2Si2/c1-4-19-26(20-11-13-22-28-26)31(24-15-7-5-8-16-24,25-17-9-6-10-18-25)27(30(2)3)21-12-14-23-29-27/h1,4-10,15-18,30H,11-14,19-23H2,2-3H3. The van der Waals surface area contributed by atoms with Gasteiger partial charge in [-0.05, 0) is 55.3 Å². The number of hydrogen-bond acceptors (Lipinski definition) is 2. The lowest BCUT2D eigenvalue weighted by molar-refractivity contribution is -0.0407. The first kappa shape index (κ1) is 22.7. The quantitative estimate of drug-likeness (QED) is 0.575. The molecule has 2 atom stereocenters. The van der Waals surface area contributed by atoms with Gasteiger partial charge < -0.3 is 9.47 Å². The minimum absolute atomic E-state index is 0.103. The Bertz CT molecular complexity index is 799. The maximum Gasteiger partial charge on any atom is 0.183 e. The summed E-state index contributed by atoms with van der Waals surface area (Å²) in [6.07, 6.45) is 9.58. The van der Waals surface area contributed by atoms with Crippen LogP contribution in [0.3, 0.4) is 0 Å². The average Bonchev–Trinajstić information content (AvgIpc) is 2.82. The molecule has 0 aliphatic carbocycles. The summed E-state index contributed by atoms with van der Waals surface area (Å²) >= 11 is 0. The predicted molar refractivity (Wildman–Crippen MR) is 135 cm³/mol. The van der Waals surface area contributed by atoms with E-state index in [1.807, 2.05) is 6.08 Å². The molecule has 2 aliphatic heterocycles. The van der Waals surface area contributed by atoms with Crippen LogP contribution in [0.5, 0.6) is 0 Å². The molecular weight excluding hydrogens is 412 g/mol. The maximum absolute atomic E-state index is 7.11. The van der Waals surface area contributed by atoms with Gasteiger partial charge >= 0.3 is 0 Å². The number of hydrogen-bond donors (Lipinski definition) is 0. The Morgan fingerprint density at radius 2 is 1.39 bits per heavy atom. The molecule has 2 nitrogen and oxygen atoms in total. The molecule has 1 radical (unpaired) electrons. The number of benzene rings is 2. The van der Waals surface area contributed by atoms with Crippen LogP contribution >= 0.6 is 0 Å². The van der Waals surface area contributed by atoms with Crippen LogP contribution in [0.25, 0.3) is 0 Å². The molecule has 165 valence electrons. The molecular formula is C27H37O2Si2. The zero-order valence-electron chi connectivity index (χ0n) is 19.2. The van der Waals surface area contributed by atoms with E-state index in [1.54, 1.807) is 0 Å². The number of rotatable bonds is 7. The van der Waals surface area contributed by atoms with E-state index in [-0.39, 0.29) is 10.1 Å². The van der Waals surface area contributed by atoms with E-state index < -0.39 is 16.9 Å². The highest BCUT2D eigenvalue weighted by atomic mass is 28.4. The fourth-order valence-electron chi connectivity index (χ4n) is 6.60. The third-order valence-corrected chi connectivity index (χ3v) is 19.1. The van der Waals surface area contributed by atoms with Crippen molar-refractivity contribution < 1.29 is 9.47 Å². The fourth-order valence-corrected chi connectivity index (χ4v) is 19.8. The van der Waals surface area contributed by atoms with Crippen molar-refractivity contribution in [3.8, 4) is 0 Å². The summed E-state index contributed by atoms with van der Waals surface area (Å²) in [6, 6.07) is 22.6. The normalized spacial score (nSPS) is 27.2. The largest absolute Gasteiger partial charge is 0.381 e. The molecule has 0 saturated carbocycles. The van der Waals surface area contributed by atoms with Crippen molar-refractivity contribution in [2.45, 2.75) is 68.1 Å². The van der Waals surface area contributed by atoms with Gasteiger partial charge in [0.1, 0.15) is 0 Å². The zero-order chi connectivity index (χ0) is 21.8. The molecule has 0 bridgehead atoms. The van der Waals surface area contributed by atoms with E-state index in [4.69, 9.17) is 16.1 Å². The molecule has 2 unspecified atom stereocenters. The Kier molecular flexibility index (Phi) is 7.02. The topological polar surface area (TPSA) is 18.5 Å². The summed E-state index contributed by atoms with van der Waals surface area (Å²) in [7, 11) is -3.91. The molecule has 0 spiro atoms. The van der Waals surface area contributed by atoms with Crippen LogP contribution in [0.15, 0.2) is 66.7 Å². The number of ether oxygens (including phenoxy) is 2. The van der Waals surface area contributed by atoms with Gasteiger partial charge in [0.25, 0.3) is 0 Å². The van der Waals surface area contributed by atoms with E-state index >= 15 is 0 Å². The smallest absolute Gasteiger partial charge is 0.183 e. The van der Waals surface area contributed by atoms with Crippen LogP contribution in [0, 0.1) is 6.58 Å². The summed E-state index contributed by atoms with van der Waals surface area (Å²) in [4.78, 5) is -0.103. The van der Waals surface area contributed by atoms with Crippen LogP contribution in [-0.4, -0.2) is 40.2 Å². The van der Waals surface area contributed by atoms with Gasteiger partial charge in [-0.1, -0.05) is 86.4 Å². The maximum atomic E-state index is 7.11. The van der Waals surface area contributed by atoms with Crippen LogP contribution in [-0.2, 0) is 9.47 Å². The lowest BCUT2D eigenvalue weighted by Crippen LogP contribution is -2.88. The highest BCUT2D eigenvalue weighted by molar-refractivity contribution is 7.12. The van der Waals surface area contributed by atoms with Crippen molar-refractivity contribution in [1.29, 1.82) is 0 Å². The van der Waals surface area contributed by atoms with Crippen molar-refractivity contribution in [3.63, 3.8) is 0 Å². The molecule has 0 N–H and O–H groups in total. The molecule has 2 aromatic carbocycles. The molecule has 2 aliphatic rings. The first-order valence-corrected chi connectivity index (χ1v) is 16.9. The molecule has 2 fully saturated rings. The minimum Gasteiger partial charge on any atom is -0.381 e.